The van der Waals surface area contributed by atoms with Gasteiger partial charge in [0.1, 0.15) is 0 Å². The van der Waals surface area contributed by atoms with Crippen LogP contribution in [0, 0.1) is 0 Å². The van der Waals surface area contributed by atoms with Crippen LogP contribution in [-0.4, -0.2) is 32.2 Å². The van der Waals surface area contributed by atoms with Crippen molar-refractivity contribution < 1.29 is 19.0 Å². The van der Waals surface area contributed by atoms with Gasteiger partial charge in [0.25, 0.3) is 0 Å². The molecule has 0 bridgehead atoms. The maximum Gasteiger partial charge on any atom is 0.418 e. The van der Waals surface area contributed by atoms with Crippen LogP contribution < -0.4 is 4.90 Å². The predicted octanol–water partition coefficient (Wildman–Crippen LogP) is 3.51. The molecule has 5 nitrogen and oxygen atoms in total. The molecule has 0 radical (unpaired) electrons. The summed E-state index contributed by atoms with van der Waals surface area (Å²) in [5.74, 6) is -0.605. The van der Waals surface area contributed by atoms with E-state index in [1.54, 1.807) is 4.90 Å². The van der Waals surface area contributed by atoms with Gasteiger partial charge in [0.15, 0.2) is 5.79 Å². The van der Waals surface area contributed by atoms with Crippen LogP contribution in [0.2, 0.25) is 0 Å². The third-order valence-corrected chi connectivity index (χ3v) is 5.23. The van der Waals surface area contributed by atoms with E-state index in [1.807, 2.05) is 24.3 Å². The van der Waals surface area contributed by atoms with Crippen LogP contribution in [0.4, 0.5) is 10.5 Å². The number of amides is 1. The molecule has 1 atom stereocenters. The third-order valence-electron chi connectivity index (χ3n) is 5.23. The summed E-state index contributed by atoms with van der Waals surface area (Å²) in [6.45, 7) is 5.16. The molecular formula is C19H21NO4. The summed E-state index contributed by atoms with van der Waals surface area (Å²) >= 11 is 0. The number of rotatable bonds is 2. The predicted molar refractivity (Wildman–Crippen MR) is 89.8 cm³/mol. The van der Waals surface area contributed by atoms with E-state index in [1.165, 1.54) is 7.11 Å². The summed E-state index contributed by atoms with van der Waals surface area (Å²) in [7, 11) is 1.41. The van der Waals surface area contributed by atoms with Crippen LogP contribution in [0.25, 0.3) is 0 Å². The highest BCUT2D eigenvalue weighted by Crippen LogP contribution is 2.58. The fraction of sp³-hybridized carbons (Fsp3) is 0.421. The monoisotopic (exact) mass is 327 g/mol. The Hall–Kier alpha value is -2.11. The molecule has 0 N–H and O–H groups in total. The minimum Gasteiger partial charge on any atom is -0.452 e. The number of benzene rings is 1. The minimum absolute atomic E-state index is 0.371. The molecule has 1 unspecified atom stereocenters. The van der Waals surface area contributed by atoms with Crippen LogP contribution in [0.15, 0.2) is 48.7 Å². The molecule has 1 fully saturated rings. The van der Waals surface area contributed by atoms with Crippen molar-refractivity contribution in [1.82, 2.24) is 0 Å². The smallest absolute Gasteiger partial charge is 0.418 e. The van der Waals surface area contributed by atoms with Gasteiger partial charge >= 0.3 is 6.09 Å². The molecule has 2 heterocycles. The summed E-state index contributed by atoms with van der Waals surface area (Å²) in [6, 6.07) is 7.97. The molecule has 0 saturated carbocycles. The molecule has 1 amide bonds. The zero-order valence-corrected chi connectivity index (χ0v) is 13.8. The van der Waals surface area contributed by atoms with E-state index in [9.17, 15) is 4.79 Å². The molecule has 1 aliphatic carbocycles. The number of hydrogen-bond acceptors (Lipinski definition) is 4. The highest BCUT2D eigenvalue weighted by atomic mass is 16.7. The number of hydrogen-bond donors (Lipinski definition) is 0. The van der Waals surface area contributed by atoms with Crippen molar-refractivity contribution in [2.75, 3.05) is 25.2 Å². The number of fused-ring (bicyclic) bond motifs is 3. The Labute approximate surface area is 141 Å². The Morgan fingerprint density at radius 1 is 1.38 bits per heavy atom. The summed E-state index contributed by atoms with van der Waals surface area (Å²) in [4.78, 5) is 14.1. The van der Waals surface area contributed by atoms with E-state index < -0.39 is 5.79 Å². The van der Waals surface area contributed by atoms with Gasteiger partial charge in [-0.25, -0.2) is 9.69 Å². The van der Waals surface area contributed by atoms with Crippen molar-refractivity contribution >= 4 is 11.8 Å². The van der Waals surface area contributed by atoms with Crippen molar-refractivity contribution in [2.24, 2.45) is 0 Å². The van der Waals surface area contributed by atoms with Gasteiger partial charge in [-0.1, -0.05) is 30.4 Å². The van der Waals surface area contributed by atoms with Crippen molar-refractivity contribution in [3.63, 3.8) is 0 Å². The average molecular weight is 327 g/mol. The minimum atomic E-state index is -0.605. The fourth-order valence-electron chi connectivity index (χ4n) is 4.35. The second kappa shape index (κ2) is 5.46. The number of allylic oxidation sites excluding steroid dienone is 2. The first-order chi connectivity index (χ1) is 11.7. The molecule has 24 heavy (non-hydrogen) atoms. The van der Waals surface area contributed by atoms with E-state index in [0.29, 0.717) is 32.5 Å². The maximum atomic E-state index is 12.5. The zero-order chi connectivity index (χ0) is 16.8. The summed E-state index contributed by atoms with van der Waals surface area (Å²) in [5, 5.41) is 0. The van der Waals surface area contributed by atoms with Gasteiger partial charge in [0.05, 0.1) is 26.0 Å². The molecule has 1 spiro atoms. The number of ether oxygens (including phenoxy) is 3. The Bertz CT molecular complexity index is 720. The van der Waals surface area contributed by atoms with Gasteiger partial charge in [0, 0.05) is 24.0 Å². The van der Waals surface area contributed by atoms with E-state index in [2.05, 4.69) is 18.7 Å². The Morgan fingerprint density at radius 3 is 2.83 bits per heavy atom. The lowest BCUT2D eigenvalue weighted by molar-refractivity contribution is -0.171. The maximum absolute atomic E-state index is 12.5. The van der Waals surface area contributed by atoms with Crippen molar-refractivity contribution in [2.45, 2.75) is 30.5 Å². The molecule has 4 rings (SSSR count). The summed E-state index contributed by atoms with van der Waals surface area (Å²) < 4.78 is 17.0. The molecular weight excluding hydrogens is 306 g/mol. The van der Waals surface area contributed by atoms with Crippen molar-refractivity contribution in [3.05, 3.63) is 54.3 Å². The number of anilines is 1. The van der Waals surface area contributed by atoms with E-state index in [-0.39, 0.29) is 11.5 Å². The summed E-state index contributed by atoms with van der Waals surface area (Å²) in [6.07, 6.45) is 5.60. The first-order valence-electron chi connectivity index (χ1n) is 8.23. The van der Waals surface area contributed by atoms with Gasteiger partial charge in [0.2, 0.25) is 0 Å². The number of carbonyl (C=O) groups excluding carboxylic acids is 1. The van der Waals surface area contributed by atoms with Gasteiger partial charge < -0.3 is 14.2 Å². The highest BCUT2D eigenvalue weighted by molar-refractivity contribution is 5.96. The first-order valence-corrected chi connectivity index (χ1v) is 8.23. The third kappa shape index (κ3) is 1.98. The molecule has 1 aromatic rings. The highest BCUT2D eigenvalue weighted by Gasteiger charge is 2.56. The van der Waals surface area contributed by atoms with E-state index in [0.717, 1.165) is 16.9 Å². The van der Waals surface area contributed by atoms with Crippen LogP contribution in [0.5, 0.6) is 0 Å². The number of para-hydroxylation sites is 1. The standard InChI is InChI=1S/C19H21NO4/c1-3-9-18-13-19(23-11-12-24-19)10-8-16(18)20(17(21)22-2)15-7-5-4-6-14(15)18/h3-8H,1,9-13H2,2H3. The first kappa shape index (κ1) is 15.4. The van der Waals surface area contributed by atoms with Crippen LogP contribution in [0.1, 0.15) is 24.8 Å². The van der Waals surface area contributed by atoms with E-state index >= 15 is 0 Å². The van der Waals surface area contributed by atoms with Gasteiger partial charge in [-0.15, -0.1) is 6.58 Å². The molecule has 0 aromatic heterocycles. The largest absolute Gasteiger partial charge is 0.452 e. The molecule has 1 saturated heterocycles. The zero-order valence-electron chi connectivity index (χ0n) is 13.8. The quantitative estimate of drug-likeness (QED) is 0.780. The van der Waals surface area contributed by atoms with Crippen molar-refractivity contribution in [1.29, 1.82) is 0 Å². The Balaban J connectivity index is 1.91. The SMILES string of the molecule is C=CCC12CC3(CC=C1N(C(=O)OC)c1ccccc12)OCCO3. The van der Waals surface area contributed by atoms with Crippen LogP contribution >= 0.6 is 0 Å². The lowest BCUT2D eigenvalue weighted by Gasteiger charge is -2.42. The van der Waals surface area contributed by atoms with Crippen LogP contribution in [-0.2, 0) is 19.6 Å². The normalized spacial score (nSPS) is 26.7. The Kier molecular flexibility index (Phi) is 3.51. The Morgan fingerprint density at radius 2 is 2.12 bits per heavy atom. The molecule has 126 valence electrons. The molecule has 1 aromatic carbocycles. The van der Waals surface area contributed by atoms with Gasteiger partial charge in [-0.3, -0.25) is 0 Å². The molecule has 5 heteroatoms. The number of methoxy groups -OCH3 is 1. The van der Waals surface area contributed by atoms with Gasteiger partial charge in [-0.2, -0.15) is 0 Å². The lowest BCUT2D eigenvalue weighted by Crippen LogP contribution is -2.46. The van der Waals surface area contributed by atoms with E-state index in [4.69, 9.17) is 14.2 Å². The van der Waals surface area contributed by atoms with Gasteiger partial charge in [-0.05, 0) is 18.1 Å². The average Bonchev–Trinajstić information content (AvgIpc) is 3.15. The number of nitrogens with zero attached hydrogens (tertiary/aromatic N) is 1. The fourth-order valence-corrected chi connectivity index (χ4v) is 4.35. The number of carbonyl (C=O) groups is 1. The molecule has 3 aliphatic rings. The summed E-state index contributed by atoms with van der Waals surface area (Å²) in [5.41, 5.74) is 2.53. The lowest BCUT2D eigenvalue weighted by atomic mass is 9.68. The van der Waals surface area contributed by atoms with Crippen LogP contribution in [0.3, 0.4) is 0 Å². The molecule has 2 aliphatic heterocycles. The second-order valence-corrected chi connectivity index (χ2v) is 6.48. The topological polar surface area (TPSA) is 48.0 Å². The second-order valence-electron chi connectivity index (χ2n) is 6.48. The van der Waals surface area contributed by atoms with Crippen molar-refractivity contribution in [3.8, 4) is 0 Å².